The third kappa shape index (κ3) is 3.13. The van der Waals surface area contributed by atoms with Crippen molar-refractivity contribution in [3.05, 3.63) is 60.2 Å². The van der Waals surface area contributed by atoms with Gasteiger partial charge in [-0.1, -0.05) is 24.3 Å². The molecule has 0 spiro atoms. The number of carbonyl (C=O) groups is 1. The summed E-state index contributed by atoms with van der Waals surface area (Å²) in [5, 5.41) is 0. The Hall–Kier alpha value is -2.29. The minimum absolute atomic E-state index is 0.333. The van der Waals surface area contributed by atoms with E-state index in [-0.39, 0.29) is 5.97 Å². The van der Waals surface area contributed by atoms with Crippen molar-refractivity contribution in [1.82, 2.24) is 0 Å². The molecule has 3 rings (SSSR count). The minimum Gasteiger partial charge on any atom is -0.490 e. The van der Waals surface area contributed by atoms with Gasteiger partial charge in [-0.25, -0.2) is 4.79 Å². The average molecular weight is 254 g/mol. The van der Waals surface area contributed by atoms with Gasteiger partial charge in [0.05, 0.1) is 11.7 Å². The van der Waals surface area contributed by atoms with Crippen LogP contribution in [0.2, 0.25) is 0 Å². The molecule has 1 fully saturated rings. The van der Waals surface area contributed by atoms with Gasteiger partial charge in [0.2, 0.25) is 0 Å². The van der Waals surface area contributed by atoms with Gasteiger partial charge in [0.1, 0.15) is 11.5 Å². The molecule has 3 nitrogen and oxygen atoms in total. The normalized spacial score (nSPS) is 13.9. The standard InChI is InChI=1S/C16H14O3/c17-16(12-5-2-1-3-6-12)19-15-8-4-7-14(11-15)18-13-9-10-13/h1-8,11,13H,9-10H2. The molecule has 0 N–H and O–H groups in total. The highest BCUT2D eigenvalue weighted by Gasteiger charge is 2.23. The summed E-state index contributed by atoms with van der Waals surface area (Å²) in [7, 11) is 0. The number of esters is 1. The molecule has 0 radical (unpaired) electrons. The third-order valence-electron chi connectivity index (χ3n) is 2.85. The van der Waals surface area contributed by atoms with Crippen LogP contribution in [0.15, 0.2) is 54.6 Å². The first kappa shape index (κ1) is 11.8. The number of benzene rings is 2. The summed E-state index contributed by atoms with van der Waals surface area (Å²) in [5.41, 5.74) is 0.538. The monoisotopic (exact) mass is 254 g/mol. The molecule has 0 heterocycles. The molecule has 0 bridgehead atoms. The Morgan fingerprint density at radius 1 is 0.947 bits per heavy atom. The second kappa shape index (κ2) is 5.14. The molecular formula is C16H14O3. The first-order chi connectivity index (χ1) is 9.31. The SMILES string of the molecule is O=C(Oc1cccc(OC2CC2)c1)c1ccccc1. The van der Waals surface area contributed by atoms with Crippen LogP contribution in [0.1, 0.15) is 23.2 Å². The average Bonchev–Trinajstić information content (AvgIpc) is 3.24. The van der Waals surface area contributed by atoms with Crippen LogP contribution in [0.25, 0.3) is 0 Å². The van der Waals surface area contributed by atoms with Gasteiger partial charge in [0.15, 0.2) is 0 Å². The van der Waals surface area contributed by atoms with Gasteiger partial charge < -0.3 is 9.47 Å². The molecule has 0 aliphatic heterocycles. The molecule has 2 aromatic carbocycles. The quantitative estimate of drug-likeness (QED) is 0.619. The van der Waals surface area contributed by atoms with Crippen LogP contribution < -0.4 is 9.47 Å². The molecule has 0 aromatic heterocycles. The third-order valence-corrected chi connectivity index (χ3v) is 2.85. The second-order valence-corrected chi connectivity index (χ2v) is 4.55. The molecule has 2 aromatic rings. The zero-order valence-corrected chi connectivity index (χ0v) is 10.4. The van der Waals surface area contributed by atoms with Crippen molar-refractivity contribution in [2.75, 3.05) is 0 Å². The maximum Gasteiger partial charge on any atom is 0.343 e. The van der Waals surface area contributed by atoms with Crippen molar-refractivity contribution in [2.45, 2.75) is 18.9 Å². The Bertz CT molecular complexity index is 574. The molecule has 1 aliphatic rings. The summed E-state index contributed by atoms with van der Waals surface area (Å²) in [6.07, 6.45) is 2.54. The van der Waals surface area contributed by atoms with Gasteiger partial charge in [-0.3, -0.25) is 0 Å². The van der Waals surface area contributed by atoms with E-state index in [9.17, 15) is 4.79 Å². The van der Waals surface area contributed by atoms with Gasteiger partial charge in [-0.15, -0.1) is 0 Å². The van der Waals surface area contributed by atoms with Crippen molar-refractivity contribution < 1.29 is 14.3 Å². The van der Waals surface area contributed by atoms with Gasteiger partial charge in [-0.2, -0.15) is 0 Å². The number of hydrogen-bond donors (Lipinski definition) is 0. The van der Waals surface area contributed by atoms with Crippen molar-refractivity contribution in [1.29, 1.82) is 0 Å². The number of rotatable bonds is 4. The minimum atomic E-state index is -0.357. The first-order valence-electron chi connectivity index (χ1n) is 6.35. The lowest BCUT2D eigenvalue weighted by atomic mass is 10.2. The first-order valence-corrected chi connectivity index (χ1v) is 6.35. The fourth-order valence-electron chi connectivity index (χ4n) is 1.73. The maximum atomic E-state index is 11.9. The van der Waals surface area contributed by atoms with E-state index in [2.05, 4.69) is 0 Å². The molecule has 1 saturated carbocycles. The van der Waals surface area contributed by atoms with E-state index in [1.165, 1.54) is 0 Å². The number of hydrogen-bond acceptors (Lipinski definition) is 3. The van der Waals surface area contributed by atoms with Crippen LogP contribution in [0.4, 0.5) is 0 Å². The van der Waals surface area contributed by atoms with Crippen LogP contribution in [0.3, 0.4) is 0 Å². The van der Waals surface area contributed by atoms with E-state index in [1.807, 2.05) is 30.3 Å². The zero-order chi connectivity index (χ0) is 13.1. The Morgan fingerprint density at radius 3 is 2.42 bits per heavy atom. The summed E-state index contributed by atoms with van der Waals surface area (Å²) in [5.74, 6) is 0.900. The fraction of sp³-hybridized carbons (Fsp3) is 0.188. The second-order valence-electron chi connectivity index (χ2n) is 4.55. The highest BCUT2D eigenvalue weighted by atomic mass is 16.5. The van der Waals surface area contributed by atoms with E-state index < -0.39 is 0 Å². The van der Waals surface area contributed by atoms with E-state index in [4.69, 9.17) is 9.47 Å². The molecule has 3 heteroatoms. The molecule has 96 valence electrons. The van der Waals surface area contributed by atoms with Gasteiger partial charge in [0.25, 0.3) is 0 Å². The van der Waals surface area contributed by atoms with Gasteiger partial charge in [0, 0.05) is 6.07 Å². The Morgan fingerprint density at radius 2 is 1.68 bits per heavy atom. The largest absolute Gasteiger partial charge is 0.490 e. The molecule has 0 unspecified atom stereocenters. The Labute approximate surface area is 111 Å². The summed E-state index contributed by atoms with van der Waals surface area (Å²) in [6, 6.07) is 16.1. The highest BCUT2D eigenvalue weighted by molar-refractivity contribution is 5.90. The van der Waals surface area contributed by atoms with E-state index in [0.29, 0.717) is 17.4 Å². The van der Waals surface area contributed by atoms with Crippen LogP contribution in [0.5, 0.6) is 11.5 Å². The molecule has 19 heavy (non-hydrogen) atoms. The predicted octanol–water partition coefficient (Wildman–Crippen LogP) is 3.45. The summed E-state index contributed by atoms with van der Waals surface area (Å²) >= 11 is 0. The zero-order valence-electron chi connectivity index (χ0n) is 10.4. The van der Waals surface area contributed by atoms with Crippen LogP contribution in [-0.2, 0) is 0 Å². The number of ether oxygens (including phenoxy) is 2. The highest BCUT2D eigenvalue weighted by Crippen LogP contribution is 2.28. The van der Waals surface area contributed by atoms with Gasteiger partial charge >= 0.3 is 5.97 Å². The smallest absolute Gasteiger partial charge is 0.343 e. The topological polar surface area (TPSA) is 35.5 Å². The predicted molar refractivity (Wildman–Crippen MR) is 71.5 cm³/mol. The van der Waals surface area contributed by atoms with Crippen molar-refractivity contribution in [3.63, 3.8) is 0 Å². The van der Waals surface area contributed by atoms with Crippen molar-refractivity contribution >= 4 is 5.97 Å². The summed E-state index contributed by atoms with van der Waals surface area (Å²) in [4.78, 5) is 11.9. The molecular weight excluding hydrogens is 240 g/mol. The fourth-order valence-corrected chi connectivity index (χ4v) is 1.73. The maximum absolute atomic E-state index is 11.9. The van der Waals surface area contributed by atoms with Crippen molar-refractivity contribution in [3.8, 4) is 11.5 Å². The van der Waals surface area contributed by atoms with Crippen LogP contribution >= 0.6 is 0 Å². The number of carbonyl (C=O) groups excluding carboxylic acids is 1. The van der Waals surface area contributed by atoms with Crippen LogP contribution in [-0.4, -0.2) is 12.1 Å². The molecule has 0 saturated heterocycles. The van der Waals surface area contributed by atoms with Gasteiger partial charge in [-0.05, 0) is 37.1 Å². The van der Waals surface area contributed by atoms with Crippen molar-refractivity contribution in [2.24, 2.45) is 0 Å². The Kier molecular flexibility index (Phi) is 3.19. The summed E-state index contributed by atoms with van der Waals surface area (Å²) in [6.45, 7) is 0. The lowest BCUT2D eigenvalue weighted by Gasteiger charge is -2.07. The summed E-state index contributed by atoms with van der Waals surface area (Å²) < 4.78 is 11.0. The lowest BCUT2D eigenvalue weighted by molar-refractivity contribution is 0.0734. The van der Waals surface area contributed by atoms with Crippen LogP contribution in [0, 0.1) is 0 Å². The molecule has 0 atom stereocenters. The van der Waals surface area contributed by atoms with E-state index in [0.717, 1.165) is 18.6 Å². The van der Waals surface area contributed by atoms with E-state index in [1.54, 1.807) is 24.3 Å². The lowest BCUT2D eigenvalue weighted by Crippen LogP contribution is -2.08. The Balaban J connectivity index is 1.70. The van der Waals surface area contributed by atoms with E-state index >= 15 is 0 Å². The molecule has 1 aliphatic carbocycles. The molecule has 0 amide bonds.